The number of aryl methyl sites for hydroxylation is 1. The maximum Gasteiger partial charge on any atom is 0.328 e. The highest BCUT2D eigenvalue weighted by Crippen LogP contribution is 2.36. The minimum atomic E-state index is -1.41. The van der Waals surface area contributed by atoms with Crippen LogP contribution in [0.4, 0.5) is 10.5 Å². The van der Waals surface area contributed by atoms with Crippen molar-refractivity contribution in [2.75, 3.05) is 11.9 Å². The van der Waals surface area contributed by atoms with Crippen molar-refractivity contribution in [3.05, 3.63) is 99.1 Å². The van der Waals surface area contributed by atoms with Gasteiger partial charge in [0.05, 0.1) is 39.9 Å². The summed E-state index contributed by atoms with van der Waals surface area (Å²) in [6.07, 6.45) is 9.14. The molecular weight excluding hydrogens is 551 g/mol. The lowest BCUT2D eigenvalue weighted by Gasteiger charge is -2.21. The molecule has 10 heteroatoms. The van der Waals surface area contributed by atoms with Crippen LogP contribution in [0.15, 0.2) is 72.4 Å². The summed E-state index contributed by atoms with van der Waals surface area (Å²) in [5.74, 6) is -2.08. The Labute approximate surface area is 243 Å². The second-order valence-electron chi connectivity index (χ2n) is 9.71. The number of amides is 3. The van der Waals surface area contributed by atoms with E-state index in [0.29, 0.717) is 5.69 Å². The zero-order valence-corrected chi connectivity index (χ0v) is 23.6. The number of aliphatic carboxylic acids is 1. The fourth-order valence-electron chi connectivity index (χ4n) is 5.23. The maximum atomic E-state index is 13.2. The van der Waals surface area contributed by atoms with Crippen molar-refractivity contribution in [3.8, 4) is 0 Å². The molecule has 0 heterocycles. The van der Waals surface area contributed by atoms with Crippen LogP contribution in [-0.4, -0.2) is 41.6 Å². The summed E-state index contributed by atoms with van der Waals surface area (Å²) in [5.41, 5.74) is 4.88. The van der Waals surface area contributed by atoms with E-state index in [1.807, 2.05) is 49.4 Å². The summed E-state index contributed by atoms with van der Waals surface area (Å²) < 4.78 is 0. The molecule has 2 aromatic rings. The van der Waals surface area contributed by atoms with Gasteiger partial charge in [-0.15, -0.1) is 0 Å². The highest BCUT2D eigenvalue weighted by atomic mass is 35.5. The van der Waals surface area contributed by atoms with Crippen molar-refractivity contribution in [1.29, 1.82) is 0 Å². The van der Waals surface area contributed by atoms with Gasteiger partial charge in [0.25, 0.3) is 5.91 Å². The van der Waals surface area contributed by atoms with E-state index in [1.165, 1.54) is 17.2 Å². The number of carbonyl (C=O) groups excluding carboxylic acids is 2. The van der Waals surface area contributed by atoms with E-state index in [4.69, 9.17) is 23.2 Å². The van der Waals surface area contributed by atoms with Gasteiger partial charge in [-0.1, -0.05) is 72.3 Å². The van der Waals surface area contributed by atoms with E-state index in [9.17, 15) is 19.5 Å². The van der Waals surface area contributed by atoms with Gasteiger partial charge in [-0.2, -0.15) is 0 Å². The highest BCUT2D eigenvalue weighted by Gasteiger charge is 2.28. The average Bonchev–Trinajstić information content (AvgIpc) is 3.51. The van der Waals surface area contributed by atoms with E-state index in [0.717, 1.165) is 36.8 Å². The number of hydrogen-bond acceptors (Lipinski definition) is 4. The Morgan fingerprint density at radius 3 is 2.58 bits per heavy atom. The number of carboxylic acids is 1. The SMILES string of the molecule is C=CC1=C(/C=C\C)CCC1Nc1ccc(Cl)c(C(=O)NC(CNC(=O)NC2CCc3ccccc32)C(=O)O)c1Cl. The molecule has 4 rings (SSSR count). The van der Waals surface area contributed by atoms with Crippen molar-refractivity contribution in [3.63, 3.8) is 0 Å². The summed E-state index contributed by atoms with van der Waals surface area (Å²) >= 11 is 12.9. The van der Waals surface area contributed by atoms with E-state index in [-0.39, 0.29) is 34.2 Å². The molecule has 210 valence electrons. The molecule has 0 aliphatic heterocycles. The normalized spacial score (nSPS) is 18.8. The number of nitrogens with one attached hydrogen (secondary N) is 4. The third-order valence-electron chi connectivity index (χ3n) is 7.19. The Kier molecular flexibility index (Phi) is 9.55. The van der Waals surface area contributed by atoms with Crippen LogP contribution in [0.3, 0.4) is 0 Å². The molecule has 0 saturated heterocycles. The number of carbonyl (C=O) groups is 3. The summed E-state index contributed by atoms with van der Waals surface area (Å²) in [6.45, 7) is 5.55. The van der Waals surface area contributed by atoms with Crippen molar-refractivity contribution >= 4 is 46.8 Å². The smallest absolute Gasteiger partial charge is 0.328 e. The van der Waals surface area contributed by atoms with Gasteiger partial charge in [-0.05, 0) is 67.0 Å². The number of hydrogen-bond donors (Lipinski definition) is 5. The van der Waals surface area contributed by atoms with Crippen molar-refractivity contribution in [2.45, 2.75) is 50.7 Å². The Morgan fingerprint density at radius 2 is 1.85 bits per heavy atom. The molecule has 0 bridgehead atoms. The number of fused-ring (bicyclic) bond motifs is 1. The van der Waals surface area contributed by atoms with E-state index in [1.54, 1.807) is 6.07 Å². The minimum Gasteiger partial charge on any atom is -0.480 e. The molecular formula is C30H32Cl2N4O4. The maximum absolute atomic E-state index is 13.2. The third kappa shape index (κ3) is 6.51. The summed E-state index contributed by atoms with van der Waals surface area (Å²) in [6, 6.07) is 8.92. The predicted molar refractivity (Wildman–Crippen MR) is 158 cm³/mol. The number of urea groups is 1. The lowest BCUT2D eigenvalue weighted by atomic mass is 10.1. The average molecular weight is 584 g/mol. The number of benzene rings is 2. The predicted octanol–water partition coefficient (Wildman–Crippen LogP) is 5.80. The second kappa shape index (κ2) is 13.1. The standard InChI is InChI=1S/C30H32Cl2N4O4/c1-3-7-17-10-13-22(19(17)4-2)34-24-15-12-21(31)26(27(24)32)28(37)35-25(29(38)39)16-33-30(40)36-23-14-11-18-8-5-6-9-20(18)23/h3-9,12,15,22-23,25,34H,2,10-11,13-14,16H2,1H3,(H,35,37)(H,38,39)(H2,33,36,40)/b7-3-. The number of halogens is 2. The van der Waals surface area contributed by atoms with Crippen LogP contribution in [0, 0.1) is 0 Å². The topological polar surface area (TPSA) is 120 Å². The van der Waals surface area contributed by atoms with Crippen LogP contribution >= 0.6 is 23.2 Å². The van der Waals surface area contributed by atoms with Crippen LogP contribution in [0.5, 0.6) is 0 Å². The molecule has 0 radical (unpaired) electrons. The Bertz CT molecular complexity index is 1390. The first-order valence-corrected chi connectivity index (χ1v) is 13.9. The Hall–Kier alpha value is -3.75. The zero-order chi connectivity index (χ0) is 28.8. The lowest BCUT2D eigenvalue weighted by Crippen LogP contribution is -2.50. The second-order valence-corrected chi connectivity index (χ2v) is 10.5. The summed E-state index contributed by atoms with van der Waals surface area (Å²) in [5, 5.41) is 21.1. The number of allylic oxidation sites excluding steroid dienone is 3. The van der Waals surface area contributed by atoms with Gasteiger partial charge in [0, 0.05) is 0 Å². The van der Waals surface area contributed by atoms with Gasteiger partial charge < -0.3 is 26.4 Å². The third-order valence-corrected chi connectivity index (χ3v) is 7.90. The van der Waals surface area contributed by atoms with Crippen LogP contribution < -0.4 is 21.3 Å². The summed E-state index contributed by atoms with van der Waals surface area (Å²) in [4.78, 5) is 37.6. The molecule has 0 saturated carbocycles. The number of carboxylic acid groups (broad SMARTS) is 1. The van der Waals surface area contributed by atoms with Gasteiger partial charge in [-0.3, -0.25) is 4.79 Å². The molecule has 2 aliphatic carbocycles. The van der Waals surface area contributed by atoms with Crippen LogP contribution in [0.1, 0.15) is 53.7 Å². The molecule has 8 nitrogen and oxygen atoms in total. The van der Waals surface area contributed by atoms with Crippen LogP contribution in [-0.2, 0) is 11.2 Å². The highest BCUT2D eigenvalue weighted by molar-refractivity contribution is 6.41. The molecule has 40 heavy (non-hydrogen) atoms. The number of anilines is 1. The van der Waals surface area contributed by atoms with Gasteiger partial charge >= 0.3 is 12.0 Å². The van der Waals surface area contributed by atoms with Gasteiger partial charge in [0.1, 0.15) is 6.04 Å². The fourth-order valence-corrected chi connectivity index (χ4v) is 5.83. The molecule has 0 spiro atoms. The van der Waals surface area contributed by atoms with Crippen molar-refractivity contribution in [2.24, 2.45) is 0 Å². The monoisotopic (exact) mass is 582 g/mol. The Balaban J connectivity index is 1.41. The molecule has 3 atom stereocenters. The minimum absolute atomic E-state index is 0.0533. The molecule has 0 fully saturated rings. The first-order chi connectivity index (χ1) is 19.2. The molecule has 3 amide bonds. The van der Waals surface area contributed by atoms with Crippen molar-refractivity contribution < 1.29 is 19.5 Å². The van der Waals surface area contributed by atoms with Crippen LogP contribution in [0.2, 0.25) is 10.0 Å². The first-order valence-electron chi connectivity index (χ1n) is 13.1. The zero-order valence-electron chi connectivity index (χ0n) is 22.1. The van der Waals surface area contributed by atoms with Crippen molar-refractivity contribution in [1.82, 2.24) is 16.0 Å². The van der Waals surface area contributed by atoms with E-state index in [2.05, 4.69) is 27.8 Å². The first kappa shape index (κ1) is 29.2. The van der Waals surface area contributed by atoms with Gasteiger partial charge in [-0.25, -0.2) is 9.59 Å². The summed E-state index contributed by atoms with van der Waals surface area (Å²) in [7, 11) is 0. The van der Waals surface area contributed by atoms with Crippen LogP contribution in [0.25, 0.3) is 0 Å². The quantitative estimate of drug-likeness (QED) is 0.242. The van der Waals surface area contributed by atoms with E-state index < -0.39 is 23.9 Å². The largest absolute Gasteiger partial charge is 0.480 e. The molecule has 2 aromatic carbocycles. The van der Waals surface area contributed by atoms with E-state index >= 15 is 0 Å². The molecule has 0 aromatic heterocycles. The van der Waals surface area contributed by atoms with Gasteiger partial charge in [0.2, 0.25) is 0 Å². The van der Waals surface area contributed by atoms with Gasteiger partial charge in [0.15, 0.2) is 0 Å². The number of rotatable bonds is 10. The molecule has 2 aliphatic rings. The molecule has 3 unspecified atom stereocenters. The fraction of sp³-hybridized carbons (Fsp3) is 0.300. The Morgan fingerprint density at radius 1 is 1.10 bits per heavy atom. The molecule has 5 N–H and O–H groups in total. The lowest BCUT2D eigenvalue weighted by molar-refractivity contribution is -0.139.